The zero-order valence-corrected chi connectivity index (χ0v) is 21.4. The van der Waals surface area contributed by atoms with Gasteiger partial charge in [0.2, 0.25) is 0 Å². The highest BCUT2D eigenvalue weighted by molar-refractivity contribution is 6.06. The molecule has 3 aliphatic rings. The highest BCUT2D eigenvalue weighted by atomic mass is 19.1. The van der Waals surface area contributed by atoms with E-state index in [1.807, 2.05) is 22.6 Å². The monoisotopic (exact) mass is 528 g/mol. The maximum Gasteiger partial charge on any atom is 0.254 e. The molecule has 1 aromatic carbocycles. The minimum absolute atomic E-state index is 0.153. The van der Waals surface area contributed by atoms with Crippen LogP contribution in [0, 0.1) is 5.82 Å². The van der Waals surface area contributed by atoms with Crippen molar-refractivity contribution < 1.29 is 19.0 Å². The molecule has 0 bridgehead atoms. The predicted molar refractivity (Wildman–Crippen MR) is 143 cm³/mol. The first-order chi connectivity index (χ1) is 19.0. The predicted octanol–water partition coefficient (Wildman–Crippen LogP) is 3.59. The average molecular weight is 529 g/mol. The third-order valence-electron chi connectivity index (χ3n) is 7.98. The molecule has 3 aromatic heterocycles. The lowest BCUT2D eigenvalue weighted by Gasteiger charge is -2.21. The van der Waals surface area contributed by atoms with Crippen LogP contribution in [0.4, 0.5) is 15.9 Å². The van der Waals surface area contributed by atoms with E-state index < -0.39 is 0 Å². The average Bonchev–Trinajstić information content (AvgIpc) is 3.73. The second kappa shape index (κ2) is 9.71. The molecule has 0 spiro atoms. The van der Waals surface area contributed by atoms with Crippen molar-refractivity contribution in [2.24, 2.45) is 0 Å². The van der Waals surface area contributed by atoms with Gasteiger partial charge in [-0.25, -0.2) is 14.4 Å². The molecule has 2 atom stereocenters. The van der Waals surface area contributed by atoms with Crippen LogP contribution in [-0.2, 0) is 17.8 Å². The number of hydrogen-bond acceptors (Lipinski definition) is 7. The van der Waals surface area contributed by atoms with Crippen molar-refractivity contribution in [1.82, 2.24) is 24.6 Å². The van der Waals surface area contributed by atoms with Gasteiger partial charge in [0.25, 0.3) is 5.91 Å². The molecule has 39 heavy (non-hydrogen) atoms. The number of aliphatic hydroxyl groups excluding tert-OH is 1. The SMILES string of the molecule is O=C1NCc2c(-c3cnc4cc(F)ccn34)ccc(Nc3ccc([C@@H]4CCOC4)c(CN4CC[C@@H](O)C4)n3)c21. The molecule has 0 saturated carbocycles. The molecule has 9 nitrogen and oxygen atoms in total. The van der Waals surface area contributed by atoms with Gasteiger partial charge >= 0.3 is 0 Å². The van der Waals surface area contributed by atoms with Gasteiger partial charge in [0.1, 0.15) is 17.3 Å². The minimum Gasteiger partial charge on any atom is -0.392 e. The number of nitrogens with one attached hydrogen (secondary N) is 2. The van der Waals surface area contributed by atoms with Crippen molar-refractivity contribution in [3.05, 3.63) is 77.0 Å². The fourth-order valence-corrected chi connectivity index (χ4v) is 6.01. The summed E-state index contributed by atoms with van der Waals surface area (Å²) in [6.45, 7) is 3.97. The summed E-state index contributed by atoms with van der Waals surface area (Å²) in [7, 11) is 0. The van der Waals surface area contributed by atoms with Crippen molar-refractivity contribution in [2.75, 3.05) is 31.6 Å². The van der Waals surface area contributed by atoms with E-state index in [0.29, 0.717) is 54.9 Å². The lowest BCUT2D eigenvalue weighted by atomic mass is 9.96. The number of rotatable bonds is 6. The van der Waals surface area contributed by atoms with Crippen LogP contribution in [0.2, 0.25) is 0 Å². The van der Waals surface area contributed by atoms with Gasteiger partial charge in [-0.15, -0.1) is 0 Å². The Labute approximate surface area is 224 Å². The molecule has 1 amide bonds. The molecule has 0 aliphatic carbocycles. The summed E-state index contributed by atoms with van der Waals surface area (Å²) in [6, 6.07) is 10.7. The first-order valence-corrected chi connectivity index (χ1v) is 13.4. The van der Waals surface area contributed by atoms with E-state index in [-0.39, 0.29) is 17.8 Å². The van der Waals surface area contributed by atoms with Gasteiger partial charge in [-0.05, 0) is 42.2 Å². The van der Waals surface area contributed by atoms with Crippen LogP contribution in [0.5, 0.6) is 0 Å². The molecule has 2 saturated heterocycles. The van der Waals surface area contributed by atoms with Crippen LogP contribution in [0.3, 0.4) is 0 Å². The Morgan fingerprint density at radius 1 is 1.21 bits per heavy atom. The van der Waals surface area contributed by atoms with Crippen LogP contribution in [-0.4, -0.2) is 62.7 Å². The molecule has 2 fully saturated rings. The highest BCUT2D eigenvalue weighted by Gasteiger charge is 2.29. The van der Waals surface area contributed by atoms with Crippen molar-refractivity contribution in [3.8, 4) is 11.3 Å². The standard InChI is InChI=1S/C29H29FN6O3/c30-18-5-9-36-25(13-31-27(36)11-18)21-1-3-23(28-22(21)12-32-29(28)38)33-26-4-2-20(17-7-10-39-16-17)24(34-26)15-35-8-6-19(37)14-35/h1-5,9,11,13,17,19,37H,6-8,10,12,14-16H2,(H,32,38)(H,33,34)/t17-,19-/m1/s1. The van der Waals surface area contributed by atoms with Crippen LogP contribution in [0.1, 0.15) is 45.9 Å². The molecular formula is C29H29FN6O3. The summed E-state index contributed by atoms with van der Waals surface area (Å²) >= 11 is 0. The summed E-state index contributed by atoms with van der Waals surface area (Å²) in [5.41, 5.74) is 6.43. The second-order valence-corrected chi connectivity index (χ2v) is 10.5. The van der Waals surface area contributed by atoms with E-state index in [9.17, 15) is 14.3 Å². The van der Waals surface area contributed by atoms with E-state index in [4.69, 9.17) is 9.72 Å². The molecular weight excluding hydrogens is 499 g/mol. The van der Waals surface area contributed by atoms with Crippen LogP contribution < -0.4 is 10.6 Å². The molecule has 0 radical (unpaired) electrons. The molecule has 10 heteroatoms. The van der Waals surface area contributed by atoms with Gasteiger partial charge in [0, 0.05) is 56.5 Å². The number of anilines is 2. The fraction of sp³-hybridized carbons (Fsp3) is 0.345. The third kappa shape index (κ3) is 4.44. The van der Waals surface area contributed by atoms with Gasteiger partial charge in [0.15, 0.2) is 0 Å². The molecule has 3 N–H and O–H groups in total. The van der Waals surface area contributed by atoms with Crippen molar-refractivity contribution in [1.29, 1.82) is 0 Å². The number of benzene rings is 1. The molecule has 0 unspecified atom stereocenters. The normalized spacial score (nSPS) is 21.0. The number of fused-ring (bicyclic) bond motifs is 2. The minimum atomic E-state index is -0.347. The maximum absolute atomic E-state index is 13.7. The number of β-amino-alcohol motifs (C(OH)–C–C–N with tert-alkyl or cyclic N) is 1. The number of aliphatic hydroxyl groups is 1. The number of ether oxygens (including phenoxy) is 1. The van der Waals surface area contributed by atoms with Gasteiger partial charge < -0.3 is 20.5 Å². The Hall–Kier alpha value is -3.86. The number of aromatic nitrogens is 3. The second-order valence-electron chi connectivity index (χ2n) is 10.5. The van der Waals surface area contributed by atoms with E-state index in [1.165, 1.54) is 17.7 Å². The summed E-state index contributed by atoms with van der Waals surface area (Å²) in [6.07, 6.45) is 4.80. The number of amides is 1. The number of hydrogen-bond donors (Lipinski definition) is 3. The third-order valence-corrected chi connectivity index (χ3v) is 7.98. The number of nitrogens with zero attached hydrogens (tertiary/aromatic N) is 4. The number of imidazole rings is 1. The Morgan fingerprint density at radius 3 is 2.95 bits per heavy atom. The Kier molecular flexibility index (Phi) is 6.03. The Balaban J connectivity index is 1.24. The lowest BCUT2D eigenvalue weighted by Crippen LogP contribution is -2.23. The first-order valence-electron chi connectivity index (χ1n) is 13.4. The lowest BCUT2D eigenvalue weighted by molar-refractivity contribution is 0.0966. The summed E-state index contributed by atoms with van der Waals surface area (Å²) in [5, 5.41) is 16.4. The molecule has 7 rings (SSSR count). The van der Waals surface area contributed by atoms with Gasteiger partial charge in [-0.1, -0.05) is 12.1 Å². The van der Waals surface area contributed by atoms with Crippen molar-refractivity contribution in [3.63, 3.8) is 0 Å². The molecule has 3 aliphatic heterocycles. The van der Waals surface area contributed by atoms with Crippen LogP contribution in [0.25, 0.3) is 16.9 Å². The van der Waals surface area contributed by atoms with Gasteiger partial charge in [-0.2, -0.15) is 0 Å². The van der Waals surface area contributed by atoms with E-state index >= 15 is 0 Å². The van der Waals surface area contributed by atoms with Crippen molar-refractivity contribution >= 4 is 23.1 Å². The quantitative estimate of drug-likeness (QED) is 0.351. The summed E-state index contributed by atoms with van der Waals surface area (Å²) < 4.78 is 21.2. The number of carbonyl (C=O) groups excluding carboxylic acids is 1. The number of carbonyl (C=O) groups is 1. The van der Waals surface area contributed by atoms with E-state index in [0.717, 1.165) is 48.5 Å². The zero-order chi connectivity index (χ0) is 26.5. The first kappa shape index (κ1) is 24.2. The number of pyridine rings is 2. The summed E-state index contributed by atoms with van der Waals surface area (Å²) in [5.74, 6) is 0.468. The molecule has 200 valence electrons. The van der Waals surface area contributed by atoms with Crippen LogP contribution in [0.15, 0.2) is 48.8 Å². The molecule has 6 heterocycles. The highest BCUT2D eigenvalue weighted by Crippen LogP contribution is 2.36. The Morgan fingerprint density at radius 2 is 2.13 bits per heavy atom. The Bertz CT molecular complexity index is 1580. The fourth-order valence-electron chi connectivity index (χ4n) is 6.01. The molecule has 4 aromatic rings. The number of halogens is 1. The smallest absolute Gasteiger partial charge is 0.254 e. The van der Waals surface area contributed by atoms with E-state index in [1.54, 1.807) is 12.4 Å². The zero-order valence-electron chi connectivity index (χ0n) is 21.4. The largest absolute Gasteiger partial charge is 0.392 e. The summed E-state index contributed by atoms with van der Waals surface area (Å²) in [4.78, 5) is 24.6. The van der Waals surface area contributed by atoms with Crippen LogP contribution >= 0.6 is 0 Å². The topological polar surface area (TPSA) is 104 Å². The number of likely N-dealkylation sites (tertiary alicyclic amines) is 1. The van der Waals surface area contributed by atoms with Gasteiger partial charge in [0.05, 0.1) is 41.5 Å². The van der Waals surface area contributed by atoms with E-state index in [2.05, 4.69) is 26.6 Å². The van der Waals surface area contributed by atoms with Crippen molar-refractivity contribution in [2.45, 2.75) is 38.0 Å². The van der Waals surface area contributed by atoms with Gasteiger partial charge in [-0.3, -0.25) is 14.1 Å². The maximum atomic E-state index is 13.7.